The van der Waals surface area contributed by atoms with Crippen molar-refractivity contribution in [3.8, 4) is 0 Å². The Bertz CT molecular complexity index is 341. The van der Waals surface area contributed by atoms with Crippen molar-refractivity contribution in [1.29, 1.82) is 5.41 Å². The molecule has 0 radical (unpaired) electrons. The van der Waals surface area contributed by atoms with E-state index < -0.39 is 5.97 Å². The van der Waals surface area contributed by atoms with Gasteiger partial charge >= 0.3 is 5.97 Å². The van der Waals surface area contributed by atoms with Crippen LogP contribution in [-0.2, 0) is 9.53 Å². The van der Waals surface area contributed by atoms with Crippen molar-refractivity contribution < 1.29 is 9.53 Å². The van der Waals surface area contributed by atoms with Crippen molar-refractivity contribution in [3.63, 3.8) is 0 Å². The first-order valence-electron chi connectivity index (χ1n) is 4.48. The predicted molar refractivity (Wildman–Crippen MR) is 54.6 cm³/mol. The summed E-state index contributed by atoms with van der Waals surface area (Å²) in [4.78, 5) is 11.2. The van der Waals surface area contributed by atoms with E-state index in [2.05, 4.69) is 0 Å². The average molecular weight is 191 g/mol. The van der Waals surface area contributed by atoms with Crippen LogP contribution >= 0.6 is 0 Å². The van der Waals surface area contributed by atoms with Crippen molar-refractivity contribution >= 4 is 11.7 Å². The minimum absolute atomic E-state index is 0.0909. The Balaban J connectivity index is 2.79. The zero-order chi connectivity index (χ0) is 10.6. The number of nitrogens with one attached hydrogen (secondary N) is 1. The number of benzene rings is 1. The van der Waals surface area contributed by atoms with Gasteiger partial charge in [0.2, 0.25) is 0 Å². The fourth-order valence-corrected chi connectivity index (χ4v) is 1.04. The first kappa shape index (κ1) is 10.4. The molecular formula is C11H13NO2. The van der Waals surface area contributed by atoms with E-state index in [9.17, 15) is 4.79 Å². The van der Waals surface area contributed by atoms with Gasteiger partial charge in [-0.15, -0.1) is 0 Å². The Morgan fingerprint density at radius 3 is 2.43 bits per heavy atom. The van der Waals surface area contributed by atoms with Crippen molar-refractivity contribution in [3.05, 3.63) is 35.4 Å². The summed E-state index contributed by atoms with van der Waals surface area (Å²) in [6.45, 7) is 3.98. The van der Waals surface area contributed by atoms with Crippen LogP contribution < -0.4 is 0 Å². The zero-order valence-electron chi connectivity index (χ0n) is 8.33. The van der Waals surface area contributed by atoms with Gasteiger partial charge in [0.25, 0.3) is 0 Å². The maximum atomic E-state index is 11.2. The zero-order valence-corrected chi connectivity index (χ0v) is 8.33. The van der Waals surface area contributed by atoms with Crippen LogP contribution in [0.25, 0.3) is 0 Å². The van der Waals surface area contributed by atoms with Crippen molar-refractivity contribution in [2.24, 2.45) is 0 Å². The molecule has 3 nitrogen and oxygen atoms in total. The number of esters is 1. The lowest BCUT2D eigenvalue weighted by Crippen LogP contribution is -2.17. The highest BCUT2D eigenvalue weighted by molar-refractivity contribution is 6.41. The van der Waals surface area contributed by atoms with Gasteiger partial charge in [-0.25, -0.2) is 4.79 Å². The van der Waals surface area contributed by atoms with Crippen LogP contribution in [0.4, 0.5) is 0 Å². The second-order valence-corrected chi connectivity index (χ2v) is 2.96. The Labute approximate surface area is 83.2 Å². The maximum Gasteiger partial charge on any atom is 0.356 e. The lowest BCUT2D eigenvalue weighted by atomic mass is 10.1. The molecule has 0 spiro atoms. The lowest BCUT2D eigenvalue weighted by Gasteiger charge is -2.03. The van der Waals surface area contributed by atoms with Crippen molar-refractivity contribution in [2.75, 3.05) is 6.61 Å². The van der Waals surface area contributed by atoms with Gasteiger partial charge in [0.05, 0.1) is 6.61 Å². The van der Waals surface area contributed by atoms with Gasteiger partial charge in [-0.05, 0) is 13.8 Å². The predicted octanol–water partition coefficient (Wildman–Crippen LogP) is 1.93. The largest absolute Gasteiger partial charge is 0.461 e. The average Bonchev–Trinajstić information content (AvgIpc) is 2.18. The molecule has 74 valence electrons. The molecule has 1 N–H and O–H groups in total. The van der Waals surface area contributed by atoms with Crippen LogP contribution in [0, 0.1) is 12.3 Å². The summed E-state index contributed by atoms with van der Waals surface area (Å²) in [5.74, 6) is -0.573. The third-order valence-electron chi connectivity index (χ3n) is 1.82. The first-order chi connectivity index (χ1) is 6.65. The summed E-state index contributed by atoms with van der Waals surface area (Å²) in [6.07, 6.45) is 0. The molecular weight excluding hydrogens is 178 g/mol. The van der Waals surface area contributed by atoms with Gasteiger partial charge in [-0.3, -0.25) is 5.41 Å². The number of hydrogen-bond acceptors (Lipinski definition) is 3. The highest BCUT2D eigenvalue weighted by atomic mass is 16.5. The molecule has 0 fully saturated rings. The number of carbonyl (C=O) groups is 1. The number of aryl methyl sites for hydroxylation is 1. The molecule has 0 aliphatic carbocycles. The molecule has 0 aliphatic heterocycles. The highest BCUT2D eigenvalue weighted by Gasteiger charge is 2.11. The van der Waals surface area contributed by atoms with E-state index >= 15 is 0 Å². The molecule has 1 aromatic rings. The molecule has 0 heterocycles. The summed E-state index contributed by atoms with van der Waals surface area (Å²) in [5, 5.41) is 7.53. The second-order valence-electron chi connectivity index (χ2n) is 2.96. The van der Waals surface area contributed by atoms with E-state index in [0.29, 0.717) is 12.2 Å². The summed E-state index contributed by atoms with van der Waals surface area (Å²) in [5.41, 5.74) is 1.60. The molecule has 0 saturated carbocycles. The van der Waals surface area contributed by atoms with Crippen LogP contribution in [0.5, 0.6) is 0 Å². The van der Waals surface area contributed by atoms with E-state index in [1.54, 1.807) is 19.1 Å². The van der Waals surface area contributed by atoms with Crippen LogP contribution in [0.3, 0.4) is 0 Å². The molecule has 0 saturated heterocycles. The number of rotatable bonds is 3. The normalized spacial score (nSPS) is 9.57. The van der Waals surface area contributed by atoms with Gasteiger partial charge in [-0.2, -0.15) is 0 Å². The van der Waals surface area contributed by atoms with Crippen LogP contribution in [-0.4, -0.2) is 18.3 Å². The monoisotopic (exact) mass is 191 g/mol. The van der Waals surface area contributed by atoms with E-state index in [4.69, 9.17) is 10.1 Å². The SMILES string of the molecule is CCOC(=O)C(=N)c1ccc(C)cc1. The molecule has 3 heteroatoms. The Morgan fingerprint density at radius 2 is 1.93 bits per heavy atom. The van der Waals surface area contributed by atoms with E-state index in [0.717, 1.165) is 5.56 Å². The molecule has 0 aliphatic rings. The molecule has 0 aromatic heterocycles. The molecule has 1 aromatic carbocycles. The topological polar surface area (TPSA) is 50.2 Å². The molecule has 14 heavy (non-hydrogen) atoms. The minimum Gasteiger partial charge on any atom is -0.461 e. The highest BCUT2D eigenvalue weighted by Crippen LogP contribution is 2.04. The fraction of sp³-hybridized carbons (Fsp3) is 0.273. The first-order valence-corrected chi connectivity index (χ1v) is 4.48. The molecule has 0 bridgehead atoms. The van der Waals surface area contributed by atoms with Gasteiger partial charge < -0.3 is 4.74 Å². The Morgan fingerprint density at radius 1 is 1.36 bits per heavy atom. The van der Waals surface area contributed by atoms with Crippen LogP contribution in [0.1, 0.15) is 18.1 Å². The fourth-order valence-electron chi connectivity index (χ4n) is 1.04. The van der Waals surface area contributed by atoms with E-state index in [1.165, 1.54) is 0 Å². The van der Waals surface area contributed by atoms with E-state index in [-0.39, 0.29) is 5.71 Å². The van der Waals surface area contributed by atoms with Gasteiger partial charge in [0.15, 0.2) is 0 Å². The third-order valence-corrected chi connectivity index (χ3v) is 1.82. The third kappa shape index (κ3) is 2.42. The summed E-state index contributed by atoms with van der Waals surface area (Å²) >= 11 is 0. The lowest BCUT2D eigenvalue weighted by molar-refractivity contribution is -0.135. The smallest absolute Gasteiger partial charge is 0.356 e. The van der Waals surface area contributed by atoms with Crippen molar-refractivity contribution in [2.45, 2.75) is 13.8 Å². The molecule has 1 rings (SSSR count). The number of hydrogen-bond donors (Lipinski definition) is 1. The minimum atomic E-state index is -0.573. The quantitative estimate of drug-likeness (QED) is 0.586. The maximum absolute atomic E-state index is 11.2. The van der Waals surface area contributed by atoms with Crippen molar-refractivity contribution in [1.82, 2.24) is 0 Å². The Kier molecular flexibility index (Phi) is 3.40. The van der Waals surface area contributed by atoms with Crippen LogP contribution in [0.2, 0.25) is 0 Å². The molecule has 0 amide bonds. The number of carbonyl (C=O) groups excluding carboxylic acids is 1. The van der Waals surface area contributed by atoms with Gasteiger partial charge in [0.1, 0.15) is 5.71 Å². The standard InChI is InChI=1S/C11H13NO2/c1-3-14-11(13)10(12)9-6-4-8(2)5-7-9/h4-7,12H,3H2,1-2H3. The summed E-state index contributed by atoms with van der Waals surface area (Å²) < 4.78 is 4.72. The van der Waals surface area contributed by atoms with Gasteiger partial charge in [-0.1, -0.05) is 29.8 Å². The second kappa shape index (κ2) is 4.56. The van der Waals surface area contributed by atoms with Crippen LogP contribution in [0.15, 0.2) is 24.3 Å². The number of ether oxygens (including phenoxy) is 1. The molecule has 0 unspecified atom stereocenters. The summed E-state index contributed by atoms with van der Waals surface area (Å²) in [7, 11) is 0. The van der Waals surface area contributed by atoms with E-state index in [1.807, 2.05) is 19.1 Å². The molecule has 0 atom stereocenters. The summed E-state index contributed by atoms with van der Waals surface area (Å²) in [6, 6.07) is 7.22. The van der Waals surface area contributed by atoms with Gasteiger partial charge in [0, 0.05) is 5.56 Å². The Hall–Kier alpha value is -1.64.